The zero-order chi connectivity index (χ0) is 11.5. The second kappa shape index (κ2) is 5.19. The van der Waals surface area contributed by atoms with Crippen LogP contribution in [0.5, 0.6) is 0 Å². The SMILES string of the molecule is c1ncn(C2CC2)c1CNCCOCC1CC1. The summed E-state index contributed by atoms with van der Waals surface area (Å²) < 4.78 is 7.89. The van der Waals surface area contributed by atoms with Gasteiger partial charge in [-0.05, 0) is 31.6 Å². The van der Waals surface area contributed by atoms with E-state index in [4.69, 9.17) is 4.74 Å². The summed E-state index contributed by atoms with van der Waals surface area (Å²) in [5, 5.41) is 3.42. The molecule has 0 aliphatic heterocycles. The van der Waals surface area contributed by atoms with Crippen LogP contribution in [0.4, 0.5) is 0 Å². The number of hydrogen-bond donors (Lipinski definition) is 1. The van der Waals surface area contributed by atoms with Crippen molar-refractivity contribution in [1.82, 2.24) is 14.9 Å². The van der Waals surface area contributed by atoms with E-state index in [2.05, 4.69) is 14.9 Å². The van der Waals surface area contributed by atoms with E-state index in [1.807, 2.05) is 12.5 Å². The number of aromatic nitrogens is 2. The first kappa shape index (κ1) is 11.2. The lowest BCUT2D eigenvalue weighted by Crippen LogP contribution is -2.21. The zero-order valence-corrected chi connectivity index (χ0v) is 10.3. The van der Waals surface area contributed by atoms with Gasteiger partial charge in [-0.2, -0.15) is 0 Å². The molecule has 0 spiro atoms. The third-order valence-corrected chi connectivity index (χ3v) is 3.47. The van der Waals surface area contributed by atoms with E-state index < -0.39 is 0 Å². The van der Waals surface area contributed by atoms with Crippen molar-refractivity contribution in [3.63, 3.8) is 0 Å². The highest BCUT2D eigenvalue weighted by molar-refractivity contribution is 5.03. The molecule has 4 heteroatoms. The Kier molecular flexibility index (Phi) is 3.43. The van der Waals surface area contributed by atoms with Crippen LogP contribution >= 0.6 is 0 Å². The quantitative estimate of drug-likeness (QED) is 0.698. The topological polar surface area (TPSA) is 39.1 Å². The minimum absolute atomic E-state index is 0.723. The van der Waals surface area contributed by atoms with Gasteiger partial charge in [0.1, 0.15) is 0 Å². The van der Waals surface area contributed by atoms with Gasteiger partial charge < -0.3 is 14.6 Å². The van der Waals surface area contributed by atoms with Crippen LogP contribution in [0.25, 0.3) is 0 Å². The van der Waals surface area contributed by atoms with Crippen LogP contribution < -0.4 is 5.32 Å². The van der Waals surface area contributed by atoms with E-state index in [0.717, 1.165) is 38.3 Å². The number of rotatable bonds is 8. The average Bonchev–Trinajstić information content (AvgIpc) is 3.25. The monoisotopic (exact) mass is 235 g/mol. The fourth-order valence-electron chi connectivity index (χ4n) is 2.05. The van der Waals surface area contributed by atoms with Gasteiger partial charge in [0.15, 0.2) is 0 Å². The molecule has 0 amide bonds. The van der Waals surface area contributed by atoms with Crippen molar-refractivity contribution in [2.75, 3.05) is 19.8 Å². The van der Waals surface area contributed by atoms with Crippen molar-refractivity contribution >= 4 is 0 Å². The number of imidazole rings is 1. The Morgan fingerprint density at radius 1 is 1.35 bits per heavy atom. The highest BCUT2D eigenvalue weighted by Gasteiger charge is 2.24. The van der Waals surface area contributed by atoms with Gasteiger partial charge in [0.2, 0.25) is 0 Å². The summed E-state index contributed by atoms with van der Waals surface area (Å²) in [4.78, 5) is 4.22. The Morgan fingerprint density at radius 3 is 3.00 bits per heavy atom. The first-order chi connectivity index (χ1) is 8.43. The molecule has 4 nitrogen and oxygen atoms in total. The van der Waals surface area contributed by atoms with Gasteiger partial charge in [0, 0.05) is 31.9 Å². The van der Waals surface area contributed by atoms with E-state index in [1.54, 1.807) is 0 Å². The Bertz CT molecular complexity index is 355. The smallest absolute Gasteiger partial charge is 0.0951 e. The largest absolute Gasteiger partial charge is 0.380 e. The van der Waals surface area contributed by atoms with Crippen molar-refractivity contribution < 1.29 is 4.74 Å². The summed E-state index contributed by atoms with van der Waals surface area (Å²) in [5.41, 5.74) is 1.30. The molecule has 1 heterocycles. The normalized spacial score (nSPS) is 19.8. The summed E-state index contributed by atoms with van der Waals surface area (Å²) in [6.07, 6.45) is 9.29. The van der Waals surface area contributed by atoms with Crippen LogP contribution in [-0.4, -0.2) is 29.3 Å². The highest BCUT2D eigenvalue weighted by Crippen LogP contribution is 2.35. The molecule has 2 aliphatic carbocycles. The molecule has 1 aromatic heterocycles. The van der Waals surface area contributed by atoms with Gasteiger partial charge in [-0.25, -0.2) is 4.98 Å². The third kappa shape index (κ3) is 3.30. The number of hydrogen-bond acceptors (Lipinski definition) is 3. The molecule has 0 bridgehead atoms. The van der Waals surface area contributed by atoms with Crippen LogP contribution in [0.15, 0.2) is 12.5 Å². The fourth-order valence-corrected chi connectivity index (χ4v) is 2.05. The molecule has 1 N–H and O–H groups in total. The predicted molar refractivity (Wildman–Crippen MR) is 65.7 cm³/mol. The maximum Gasteiger partial charge on any atom is 0.0951 e. The lowest BCUT2D eigenvalue weighted by atomic mass is 10.4. The summed E-state index contributed by atoms with van der Waals surface area (Å²) in [7, 11) is 0. The summed E-state index contributed by atoms with van der Waals surface area (Å²) in [6.45, 7) is 3.63. The predicted octanol–water partition coefficient (Wildman–Crippen LogP) is 1.73. The van der Waals surface area contributed by atoms with Crippen molar-refractivity contribution in [3.05, 3.63) is 18.2 Å². The molecular formula is C13H21N3O. The fraction of sp³-hybridized carbons (Fsp3) is 0.769. The van der Waals surface area contributed by atoms with Crippen molar-refractivity contribution in [1.29, 1.82) is 0 Å². The first-order valence-corrected chi connectivity index (χ1v) is 6.72. The van der Waals surface area contributed by atoms with E-state index in [9.17, 15) is 0 Å². The molecule has 0 aromatic carbocycles. The number of ether oxygens (including phenoxy) is 1. The van der Waals surface area contributed by atoms with E-state index in [-0.39, 0.29) is 0 Å². The highest BCUT2D eigenvalue weighted by atomic mass is 16.5. The molecule has 2 aliphatic rings. The molecule has 2 fully saturated rings. The van der Waals surface area contributed by atoms with E-state index in [0.29, 0.717) is 0 Å². The second-order valence-electron chi connectivity index (χ2n) is 5.22. The van der Waals surface area contributed by atoms with Crippen LogP contribution in [0.2, 0.25) is 0 Å². The molecule has 0 atom stereocenters. The summed E-state index contributed by atoms with van der Waals surface area (Å²) in [6, 6.07) is 0.723. The lowest BCUT2D eigenvalue weighted by Gasteiger charge is -2.08. The van der Waals surface area contributed by atoms with Gasteiger partial charge >= 0.3 is 0 Å². The van der Waals surface area contributed by atoms with Gasteiger partial charge in [-0.15, -0.1) is 0 Å². The molecule has 94 valence electrons. The standard InChI is InChI=1S/C13H21N3O/c1-2-11(1)9-17-6-5-14-7-13-8-15-10-16(13)12-3-4-12/h8,10-12,14H,1-7,9H2. The van der Waals surface area contributed by atoms with Crippen molar-refractivity contribution in [2.24, 2.45) is 5.92 Å². The molecule has 2 saturated carbocycles. The molecule has 0 saturated heterocycles. The summed E-state index contributed by atoms with van der Waals surface area (Å²) >= 11 is 0. The first-order valence-electron chi connectivity index (χ1n) is 6.72. The van der Waals surface area contributed by atoms with Gasteiger partial charge in [0.25, 0.3) is 0 Å². The molecule has 17 heavy (non-hydrogen) atoms. The average molecular weight is 235 g/mol. The van der Waals surface area contributed by atoms with Crippen LogP contribution in [-0.2, 0) is 11.3 Å². The van der Waals surface area contributed by atoms with Crippen LogP contribution in [0, 0.1) is 5.92 Å². The summed E-state index contributed by atoms with van der Waals surface area (Å²) in [5.74, 6) is 0.867. The van der Waals surface area contributed by atoms with Gasteiger partial charge in [-0.1, -0.05) is 0 Å². The lowest BCUT2D eigenvalue weighted by molar-refractivity contribution is 0.126. The molecule has 0 unspecified atom stereocenters. The van der Waals surface area contributed by atoms with E-state index in [1.165, 1.54) is 31.4 Å². The van der Waals surface area contributed by atoms with Gasteiger partial charge in [-0.3, -0.25) is 0 Å². The van der Waals surface area contributed by atoms with Crippen molar-refractivity contribution in [3.8, 4) is 0 Å². The molecular weight excluding hydrogens is 214 g/mol. The zero-order valence-electron chi connectivity index (χ0n) is 10.3. The Labute approximate surface area is 102 Å². The number of nitrogens with zero attached hydrogens (tertiary/aromatic N) is 2. The maximum absolute atomic E-state index is 5.58. The van der Waals surface area contributed by atoms with E-state index >= 15 is 0 Å². The van der Waals surface area contributed by atoms with Gasteiger partial charge in [0.05, 0.1) is 18.6 Å². The minimum atomic E-state index is 0.723. The van der Waals surface area contributed by atoms with Crippen LogP contribution in [0.1, 0.15) is 37.4 Å². The molecule has 3 rings (SSSR count). The number of nitrogens with one attached hydrogen (secondary N) is 1. The Morgan fingerprint density at radius 2 is 2.24 bits per heavy atom. The van der Waals surface area contributed by atoms with Crippen LogP contribution in [0.3, 0.4) is 0 Å². The Hall–Kier alpha value is -0.870. The van der Waals surface area contributed by atoms with Crippen molar-refractivity contribution in [2.45, 2.75) is 38.3 Å². The second-order valence-corrected chi connectivity index (χ2v) is 5.22. The molecule has 0 radical (unpaired) electrons. The third-order valence-electron chi connectivity index (χ3n) is 3.47. The minimum Gasteiger partial charge on any atom is -0.380 e. The molecule has 1 aromatic rings. The maximum atomic E-state index is 5.58. The Balaban J connectivity index is 1.31.